The number of nitrogens with one attached hydrogen (secondary N) is 2. The molecule has 248 valence electrons. The Morgan fingerprint density at radius 3 is 2.22 bits per heavy atom. The van der Waals surface area contributed by atoms with Gasteiger partial charge in [-0.1, -0.05) is 50.2 Å². The first-order chi connectivity index (χ1) is 21.1. The van der Waals surface area contributed by atoms with Crippen LogP contribution in [0.5, 0.6) is 5.75 Å². The van der Waals surface area contributed by atoms with E-state index in [1.165, 1.54) is 11.0 Å². The van der Waals surface area contributed by atoms with E-state index in [1.54, 1.807) is 46.8 Å². The highest BCUT2D eigenvalue weighted by molar-refractivity contribution is 5.92. The van der Waals surface area contributed by atoms with Crippen molar-refractivity contribution in [2.75, 3.05) is 13.2 Å². The van der Waals surface area contributed by atoms with Gasteiger partial charge in [0.1, 0.15) is 23.4 Å². The van der Waals surface area contributed by atoms with E-state index in [1.807, 2.05) is 37.3 Å². The highest BCUT2D eigenvalue weighted by Gasteiger charge is 2.39. The predicted octanol–water partition coefficient (Wildman–Crippen LogP) is 5.60. The quantitative estimate of drug-likeness (QED) is 0.219. The van der Waals surface area contributed by atoms with Crippen LogP contribution in [-0.2, 0) is 30.3 Å². The fourth-order valence-corrected chi connectivity index (χ4v) is 4.90. The number of phenolic OH excluding ortho intramolecular Hbond substituents is 1. The van der Waals surface area contributed by atoms with Gasteiger partial charge in [0.15, 0.2) is 0 Å². The van der Waals surface area contributed by atoms with E-state index in [0.29, 0.717) is 23.5 Å². The number of carbonyl (C=O) groups excluding carboxylic acids is 4. The maximum atomic E-state index is 14.7. The fourth-order valence-electron chi connectivity index (χ4n) is 4.90. The Hall–Kier alpha value is -4.08. The maximum absolute atomic E-state index is 14.7. The van der Waals surface area contributed by atoms with Gasteiger partial charge in [-0.05, 0) is 89.1 Å². The van der Waals surface area contributed by atoms with Crippen LogP contribution in [0.4, 0.5) is 4.79 Å². The van der Waals surface area contributed by atoms with Crippen molar-refractivity contribution in [2.24, 2.45) is 5.92 Å². The van der Waals surface area contributed by atoms with E-state index in [9.17, 15) is 24.3 Å². The Kier molecular flexibility index (Phi) is 14.4. The molecule has 0 spiro atoms. The molecule has 0 saturated carbocycles. The SMILES string of the molecule is CCOC(=O)CCNC(=O)C(c1ccc(O)c(C)c1)N(C(=O)C(Cc1ccccc1)NC(=O)OC(C)(C)C)C(C)CCC(C)C. The number of amides is 3. The zero-order chi connectivity index (χ0) is 33.7. The summed E-state index contributed by atoms with van der Waals surface area (Å²) in [7, 11) is 0. The van der Waals surface area contributed by atoms with Crippen molar-refractivity contribution in [1.82, 2.24) is 15.5 Å². The van der Waals surface area contributed by atoms with Gasteiger partial charge < -0.3 is 30.1 Å². The first kappa shape index (κ1) is 37.1. The number of phenols is 1. The molecule has 45 heavy (non-hydrogen) atoms. The summed E-state index contributed by atoms with van der Waals surface area (Å²) in [5.74, 6) is -1.00. The van der Waals surface area contributed by atoms with Crippen LogP contribution in [0.25, 0.3) is 0 Å². The Labute approximate surface area is 267 Å². The lowest BCUT2D eigenvalue weighted by Crippen LogP contribution is -2.56. The predicted molar refractivity (Wildman–Crippen MR) is 174 cm³/mol. The summed E-state index contributed by atoms with van der Waals surface area (Å²) in [4.78, 5) is 55.3. The fraction of sp³-hybridized carbons (Fsp3) is 0.543. The summed E-state index contributed by atoms with van der Waals surface area (Å²) in [5, 5.41) is 15.9. The number of rotatable bonds is 15. The average Bonchev–Trinajstić information content (AvgIpc) is 2.95. The van der Waals surface area contributed by atoms with Crippen LogP contribution in [0.3, 0.4) is 0 Å². The standard InChI is InChI=1S/C35H51N3O7/c1-9-44-30(40)19-20-36-32(41)31(27-17-18-29(39)24(4)21-27)38(25(5)16-15-23(2)3)33(42)28(22-26-13-11-10-12-14-26)37-34(43)45-35(6,7)8/h10-14,17-18,21,23,25,28,31,39H,9,15-16,19-20,22H2,1-8H3,(H,36,41)(H,37,43). The van der Waals surface area contributed by atoms with Gasteiger partial charge in [0.05, 0.1) is 13.0 Å². The molecule has 3 atom stereocenters. The van der Waals surface area contributed by atoms with Gasteiger partial charge >= 0.3 is 12.1 Å². The number of aromatic hydroxyl groups is 1. The Morgan fingerprint density at radius 2 is 1.64 bits per heavy atom. The van der Waals surface area contributed by atoms with Crippen molar-refractivity contribution in [2.45, 2.75) is 105 Å². The Balaban J connectivity index is 2.63. The van der Waals surface area contributed by atoms with Crippen molar-refractivity contribution in [3.8, 4) is 5.75 Å². The number of hydrogen-bond acceptors (Lipinski definition) is 7. The monoisotopic (exact) mass is 625 g/mol. The van der Waals surface area contributed by atoms with E-state index in [0.717, 1.165) is 12.0 Å². The molecule has 0 saturated heterocycles. The first-order valence-corrected chi connectivity index (χ1v) is 15.7. The smallest absolute Gasteiger partial charge is 0.408 e. The third-order valence-electron chi connectivity index (χ3n) is 7.16. The minimum absolute atomic E-state index is 0.0112. The van der Waals surface area contributed by atoms with Crippen molar-refractivity contribution in [3.63, 3.8) is 0 Å². The minimum Gasteiger partial charge on any atom is -0.508 e. The van der Waals surface area contributed by atoms with Crippen LogP contribution in [0.15, 0.2) is 48.5 Å². The van der Waals surface area contributed by atoms with Gasteiger partial charge in [0.25, 0.3) is 0 Å². The van der Waals surface area contributed by atoms with Crippen molar-refractivity contribution in [3.05, 3.63) is 65.2 Å². The molecule has 2 rings (SSSR count). The van der Waals surface area contributed by atoms with Gasteiger partial charge in [0, 0.05) is 19.0 Å². The second kappa shape index (κ2) is 17.4. The summed E-state index contributed by atoms with van der Waals surface area (Å²) >= 11 is 0. The number of benzene rings is 2. The molecule has 0 heterocycles. The molecule has 0 aliphatic rings. The lowest BCUT2D eigenvalue weighted by Gasteiger charge is -2.39. The number of nitrogens with zero attached hydrogens (tertiary/aromatic N) is 1. The summed E-state index contributed by atoms with van der Waals surface area (Å²) < 4.78 is 10.5. The first-order valence-electron chi connectivity index (χ1n) is 15.7. The highest BCUT2D eigenvalue weighted by atomic mass is 16.6. The molecule has 0 aliphatic carbocycles. The molecule has 2 aromatic carbocycles. The summed E-state index contributed by atoms with van der Waals surface area (Å²) in [5.41, 5.74) is 1.04. The molecular formula is C35H51N3O7. The van der Waals surface area contributed by atoms with Gasteiger partial charge in [-0.3, -0.25) is 14.4 Å². The molecular weight excluding hydrogens is 574 g/mol. The van der Waals surface area contributed by atoms with Crippen LogP contribution in [-0.4, -0.2) is 64.7 Å². The molecule has 3 N–H and O–H groups in total. The zero-order valence-corrected chi connectivity index (χ0v) is 28.0. The Bertz CT molecular complexity index is 1270. The number of ether oxygens (including phenoxy) is 2. The maximum Gasteiger partial charge on any atom is 0.408 e. The lowest BCUT2D eigenvalue weighted by atomic mass is 9.95. The van der Waals surface area contributed by atoms with Crippen molar-refractivity contribution >= 4 is 23.9 Å². The van der Waals surface area contributed by atoms with Crippen molar-refractivity contribution in [1.29, 1.82) is 0 Å². The molecule has 3 unspecified atom stereocenters. The van der Waals surface area contributed by atoms with E-state index < -0.39 is 47.6 Å². The van der Waals surface area contributed by atoms with Crippen LogP contribution in [0.1, 0.15) is 90.5 Å². The molecule has 0 radical (unpaired) electrons. The number of esters is 1. The third-order valence-corrected chi connectivity index (χ3v) is 7.16. The molecule has 0 aromatic heterocycles. The van der Waals surface area contributed by atoms with E-state index >= 15 is 0 Å². The summed E-state index contributed by atoms with van der Waals surface area (Å²) in [6.45, 7) is 14.9. The molecule has 10 heteroatoms. The minimum atomic E-state index is -1.13. The van der Waals surface area contributed by atoms with Gasteiger partial charge in [-0.15, -0.1) is 0 Å². The summed E-state index contributed by atoms with van der Waals surface area (Å²) in [6, 6.07) is 11.5. The molecule has 0 aliphatic heterocycles. The third kappa shape index (κ3) is 12.4. The number of hydrogen-bond donors (Lipinski definition) is 3. The van der Waals surface area contributed by atoms with Gasteiger partial charge in [-0.2, -0.15) is 0 Å². The molecule has 0 fully saturated rings. The lowest BCUT2D eigenvalue weighted by molar-refractivity contribution is -0.146. The molecule has 3 amide bonds. The molecule has 0 bridgehead atoms. The van der Waals surface area contributed by atoms with Gasteiger partial charge in [0.2, 0.25) is 11.8 Å². The zero-order valence-electron chi connectivity index (χ0n) is 28.0. The van der Waals surface area contributed by atoms with Crippen LogP contribution in [0.2, 0.25) is 0 Å². The van der Waals surface area contributed by atoms with E-state index in [2.05, 4.69) is 24.5 Å². The van der Waals surface area contributed by atoms with E-state index in [4.69, 9.17) is 9.47 Å². The van der Waals surface area contributed by atoms with Gasteiger partial charge in [-0.25, -0.2) is 4.79 Å². The average molecular weight is 626 g/mol. The van der Waals surface area contributed by atoms with Crippen LogP contribution < -0.4 is 10.6 Å². The highest BCUT2D eigenvalue weighted by Crippen LogP contribution is 2.30. The molecule has 10 nitrogen and oxygen atoms in total. The van der Waals surface area contributed by atoms with Crippen LogP contribution >= 0.6 is 0 Å². The Morgan fingerprint density at radius 1 is 0.978 bits per heavy atom. The van der Waals surface area contributed by atoms with E-state index in [-0.39, 0.29) is 31.7 Å². The van der Waals surface area contributed by atoms with Crippen molar-refractivity contribution < 1.29 is 33.8 Å². The topological polar surface area (TPSA) is 134 Å². The second-order valence-electron chi connectivity index (χ2n) is 12.7. The van der Waals surface area contributed by atoms with Crippen LogP contribution in [0, 0.1) is 12.8 Å². The summed E-state index contributed by atoms with van der Waals surface area (Å²) in [6.07, 6.45) is 0.770. The largest absolute Gasteiger partial charge is 0.508 e. The number of carbonyl (C=O) groups is 4. The number of alkyl carbamates (subject to hydrolysis) is 1. The second-order valence-corrected chi connectivity index (χ2v) is 12.7. The number of aryl methyl sites for hydroxylation is 1. The normalized spacial score (nSPS) is 13.4. The molecule has 2 aromatic rings.